The van der Waals surface area contributed by atoms with Gasteiger partial charge in [-0.1, -0.05) is 125 Å². The monoisotopic (exact) mass is 825 g/mol. The molecular formula is C59H48BN3O. The molecule has 10 aromatic rings. The number of fused-ring (bicyclic) bond motifs is 10. The summed E-state index contributed by atoms with van der Waals surface area (Å²) in [7, 11) is 0. The maximum atomic E-state index is 6.84. The summed E-state index contributed by atoms with van der Waals surface area (Å²) in [5, 5.41) is 3.71. The first-order valence-electron chi connectivity index (χ1n) is 22.8. The second-order valence-corrected chi connectivity index (χ2v) is 19.6. The second-order valence-electron chi connectivity index (χ2n) is 19.6. The molecule has 1 aliphatic carbocycles. The molecule has 64 heavy (non-hydrogen) atoms. The van der Waals surface area contributed by atoms with Crippen LogP contribution in [-0.4, -0.2) is 11.4 Å². The fourth-order valence-corrected chi connectivity index (χ4v) is 11.7. The number of furan rings is 1. The molecule has 0 spiro atoms. The van der Waals surface area contributed by atoms with Gasteiger partial charge in [0.2, 0.25) is 0 Å². The van der Waals surface area contributed by atoms with Crippen LogP contribution in [-0.2, 0) is 10.8 Å². The Kier molecular flexibility index (Phi) is 7.81. The molecule has 2 aliphatic heterocycles. The zero-order valence-electron chi connectivity index (χ0n) is 37.0. The maximum Gasteiger partial charge on any atom is 0.333 e. The van der Waals surface area contributed by atoms with Crippen molar-refractivity contribution in [1.29, 1.82) is 0 Å². The minimum Gasteiger partial charge on any atom is -0.456 e. The summed E-state index contributed by atoms with van der Waals surface area (Å²) < 4.78 is 9.41. The Morgan fingerprint density at radius 2 is 1.25 bits per heavy atom. The van der Waals surface area contributed by atoms with E-state index in [0.29, 0.717) is 0 Å². The number of aryl methyl sites for hydroxylation is 1. The molecule has 0 atom stereocenters. The number of aromatic nitrogens is 1. The molecule has 0 unspecified atom stereocenters. The van der Waals surface area contributed by atoms with Gasteiger partial charge in [-0.3, -0.25) is 0 Å². The Balaban J connectivity index is 1.14. The SMILES string of the molecule is Cc1cc2c3c4c1c1ccccc1n4-c1cc4cc(-c5ccccc5)oc4cc1B3N(c1ccc3c(c1)C(C)(C)CCC3(C)C)c1ccc(N(c3ccccc3)c3ccccc3)cc1-2. The lowest BCUT2D eigenvalue weighted by molar-refractivity contribution is 0.332. The quantitative estimate of drug-likeness (QED) is 0.162. The molecule has 5 heteroatoms. The third kappa shape index (κ3) is 5.30. The summed E-state index contributed by atoms with van der Waals surface area (Å²) in [5.74, 6) is 0.883. The Bertz CT molecular complexity index is 3490. The van der Waals surface area contributed by atoms with Crippen molar-refractivity contribution in [1.82, 2.24) is 4.57 Å². The standard InChI is InChI=1S/C59H48BN3O/c1-37-31-46-45-34-42(61(40-19-11-7-12-20-40)41-21-13-8-14-22-41)26-28-51(45)63(43-25-27-47-48(35-43)59(4,5)30-29-58(47,2)3)60-49-36-54-39(33-53(64-54)38-17-9-6-10-18-38)32-52(49)62-50-24-16-15-23-44(50)55(37)57(62)56(46)60/h6-28,31-36H,29-30H2,1-5H3. The van der Waals surface area contributed by atoms with Crippen molar-refractivity contribution >= 4 is 79.0 Å². The molecule has 0 saturated carbocycles. The fraction of sp³-hybridized carbons (Fsp3) is 0.153. The molecule has 8 aromatic carbocycles. The molecule has 0 amide bonds. The highest BCUT2D eigenvalue weighted by molar-refractivity contribution is 6.94. The lowest BCUT2D eigenvalue weighted by atomic mass is 9.43. The van der Waals surface area contributed by atoms with Crippen LogP contribution in [0.25, 0.3) is 60.9 Å². The molecular weight excluding hydrogens is 777 g/mol. The number of anilines is 5. The van der Waals surface area contributed by atoms with E-state index in [9.17, 15) is 0 Å². The van der Waals surface area contributed by atoms with Crippen LogP contribution in [0, 0.1) is 6.92 Å². The van der Waals surface area contributed by atoms with Gasteiger partial charge in [-0.2, -0.15) is 0 Å². The molecule has 0 fully saturated rings. The molecule has 4 heterocycles. The number of hydrogen-bond acceptors (Lipinski definition) is 3. The van der Waals surface area contributed by atoms with Gasteiger partial charge >= 0.3 is 6.85 Å². The normalized spacial score (nSPS) is 15.3. The molecule has 0 N–H and O–H groups in total. The third-order valence-corrected chi connectivity index (χ3v) is 14.9. The number of benzene rings is 8. The summed E-state index contributed by atoms with van der Waals surface area (Å²) >= 11 is 0. The highest BCUT2D eigenvalue weighted by atomic mass is 16.3. The van der Waals surface area contributed by atoms with E-state index in [-0.39, 0.29) is 17.7 Å². The Morgan fingerprint density at radius 1 is 0.578 bits per heavy atom. The molecule has 0 bridgehead atoms. The van der Waals surface area contributed by atoms with Gasteiger partial charge in [0, 0.05) is 61.4 Å². The van der Waals surface area contributed by atoms with E-state index in [1.54, 1.807) is 0 Å². The van der Waals surface area contributed by atoms with Gasteiger partial charge in [0.1, 0.15) is 11.3 Å². The maximum absolute atomic E-state index is 6.84. The largest absolute Gasteiger partial charge is 0.456 e. The van der Waals surface area contributed by atoms with Gasteiger partial charge in [0.15, 0.2) is 0 Å². The van der Waals surface area contributed by atoms with Gasteiger partial charge in [0.05, 0.1) is 11.0 Å². The van der Waals surface area contributed by atoms with Gasteiger partial charge < -0.3 is 18.7 Å². The van der Waals surface area contributed by atoms with E-state index in [4.69, 9.17) is 4.42 Å². The molecule has 0 saturated heterocycles. The summed E-state index contributed by atoms with van der Waals surface area (Å²) in [4.78, 5) is 5.07. The Morgan fingerprint density at radius 3 is 1.98 bits per heavy atom. The van der Waals surface area contributed by atoms with E-state index in [1.165, 1.54) is 84.0 Å². The minimum atomic E-state index is -0.130. The second kappa shape index (κ2) is 13.4. The summed E-state index contributed by atoms with van der Waals surface area (Å²) in [5.41, 5.74) is 20.9. The summed E-state index contributed by atoms with van der Waals surface area (Å²) in [6.45, 7) is 11.9. The zero-order chi connectivity index (χ0) is 43.1. The van der Waals surface area contributed by atoms with Crippen molar-refractivity contribution in [3.8, 4) is 28.1 Å². The average molecular weight is 826 g/mol. The van der Waals surface area contributed by atoms with Crippen LogP contribution in [0.5, 0.6) is 0 Å². The number of nitrogens with zero attached hydrogens (tertiary/aromatic N) is 3. The first-order valence-corrected chi connectivity index (χ1v) is 22.8. The van der Waals surface area contributed by atoms with Gasteiger partial charge in [0.25, 0.3) is 0 Å². The number of para-hydroxylation sites is 3. The zero-order valence-corrected chi connectivity index (χ0v) is 37.0. The van der Waals surface area contributed by atoms with E-state index >= 15 is 0 Å². The van der Waals surface area contributed by atoms with Crippen LogP contribution < -0.4 is 20.6 Å². The Hall–Kier alpha value is -7.24. The highest BCUT2D eigenvalue weighted by Crippen LogP contribution is 2.51. The average Bonchev–Trinajstić information content (AvgIpc) is 3.91. The van der Waals surface area contributed by atoms with Gasteiger partial charge in [-0.05, 0) is 143 Å². The molecule has 4 nitrogen and oxygen atoms in total. The minimum absolute atomic E-state index is 0.0442. The molecule has 308 valence electrons. The number of hydrogen-bond donors (Lipinski definition) is 0. The topological polar surface area (TPSA) is 24.6 Å². The lowest BCUT2D eigenvalue weighted by Gasteiger charge is -2.45. The van der Waals surface area contributed by atoms with Crippen LogP contribution in [0.2, 0.25) is 0 Å². The van der Waals surface area contributed by atoms with Crippen LogP contribution in [0.4, 0.5) is 28.4 Å². The van der Waals surface area contributed by atoms with E-state index in [2.05, 4.69) is 225 Å². The van der Waals surface area contributed by atoms with E-state index in [1.807, 2.05) is 0 Å². The predicted molar refractivity (Wildman–Crippen MR) is 270 cm³/mol. The molecule has 3 aliphatic rings. The predicted octanol–water partition coefficient (Wildman–Crippen LogP) is 14.6. The van der Waals surface area contributed by atoms with Crippen LogP contribution >= 0.6 is 0 Å². The van der Waals surface area contributed by atoms with Crippen molar-refractivity contribution in [2.45, 2.75) is 58.3 Å². The van der Waals surface area contributed by atoms with Crippen molar-refractivity contribution in [3.05, 3.63) is 193 Å². The fourth-order valence-electron chi connectivity index (χ4n) is 11.7. The molecule has 2 aromatic heterocycles. The van der Waals surface area contributed by atoms with E-state index in [0.717, 1.165) is 45.8 Å². The molecule has 13 rings (SSSR count). The first kappa shape index (κ1) is 37.3. The highest BCUT2D eigenvalue weighted by Gasteiger charge is 2.46. The number of rotatable bonds is 5. The molecule has 0 radical (unpaired) electrons. The van der Waals surface area contributed by atoms with Crippen molar-refractivity contribution < 1.29 is 4.42 Å². The first-order chi connectivity index (χ1) is 31.1. The Labute approximate surface area is 375 Å². The van der Waals surface area contributed by atoms with Crippen LogP contribution in [0.3, 0.4) is 0 Å². The third-order valence-electron chi connectivity index (χ3n) is 14.9. The van der Waals surface area contributed by atoms with Crippen molar-refractivity contribution in [2.75, 3.05) is 9.71 Å². The van der Waals surface area contributed by atoms with Gasteiger partial charge in [-0.25, -0.2) is 0 Å². The summed E-state index contributed by atoms with van der Waals surface area (Å²) in [6, 6.07) is 65.1. The van der Waals surface area contributed by atoms with E-state index < -0.39 is 0 Å². The summed E-state index contributed by atoms with van der Waals surface area (Å²) in [6.07, 6.45) is 2.33. The van der Waals surface area contributed by atoms with Gasteiger partial charge in [-0.15, -0.1) is 0 Å². The lowest BCUT2D eigenvalue weighted by Crippen LogP contribution is -2.60. The van der Waals surface area contributed by atoms with Crippen molar-refractivity contribution in [3.63, 3.8) is 0 Å². The van der Waals surface area contributed by atoms with Crippen LogP contribution in [0.1, 0.15) is 57.2 Å². The van der Waals surface area contributed by atoms with Crippen molar-refractivity contribution in [2.24, 2.45) is 0 Å². The smallest absolute Gasteiger partial charge is 0.333 e. The van der Waals surface area contributed by atoms with Crippen LogP contribution in [0.15, 0.2) is 180 Å².